The summed E-state index contributed by atoms with van der Waals surface area (Å²) in [6.45, 7) is 4.65. The van der Waals surface area contributed by atoms with E-state index in [1.54, 1.807) is 6.07 Å². The number of ether oxygens (including phenoxy) is 1. The highest BCUT2D eigenvalue weighted by molar-refractivity contribution is 5.83. The molecule has 1 amide bonds. The van der Waals surface area contributed by atoms with Gasteiger partial charge in [0.25, 0.3) is 0 Å². The van der Waals surface area contributed by atoms with Crippen molar-refractivity contribution >= 4 is 23.8 Å². The summed E-state index contributed by atoms with van der Waals surface area (Å²) in [5.74, 6) is -1.58. The van der Waals surface area contributed by atoms with Crippen LogP contribution in [-0.4, -0.2) is 69.5 Å². The molecular formula is C37H56N4O9. The first kappa shape index (κ1) is 37.8. The van der Waals surface area contributed by atoms with Gasteiger partial charge >= 0.3 is 17.6 Å². The van der Waals surface area contributed by atoms with E-state index in [-0.39, 0.29) is 78.8 Å². The minimum Gasteiger partial charge on any atom is -0.480 e. The number of unbranched alkanes of at least 4 members (excludes halogenated alkanes) is 2. The number of nitrogens with two attached hydrogens (primary N) is 2. The highest BCUT2D eigenvalue weighted by Crippen LogP contribution is 2.70. The maximum Gasteiger partial charge on any atom is 0.335 e. The van der Waals surface area contributed by atoms with Gasteiger partial charge in [-0.05, 0) is 118 Å². The van der Waals surface area contributed by atoms with Crippen molar-refractivity contribution in [2.75, 3.05) is 6.54 Å². The third kappa shape index (κ3) is 7.73. The zero-order valence-electron chi connectivity index (χ0n) is 29.5. The molecule has 0 aromatic carbocycles. The highest BCUT2D eigenvalue weighted by atomic mass is 16.5. The van der Waals surface area contributed by atoms with Crippen LogP contribution >= 0.6 is 0 Å². The van der Waals surface area contributed by atoms with Crippen LogP contribution in [0.1, 0.15) is 122 Å². The SMILES string of the molecule is CC12CCC(OC(=O)CCCCCC(=O)NC(CCCN=C(N)N)C(=O)O)CC1CCC1C2C(O)CC2(C)C(c3ccc(=O)oc3)CCC12O. The topological polar surface area (TPSA) is 228 Å². The maximum atomic E-state index is 12.8. The van der Waals surface area contributed by atoms with Crippen molar-refractivity contribution in [1.29, 1.82) is 0 Å². The molecule has 4 aliphatic carbocycles. The normalized spacial score (nSPS) is 35.1. The number of hydrogen-bond donors (Lipinski definition) is 6. The van der Waals surface area contributed by atoms with Gasteiger partial charge < -0.3 is 41.3 Å². The number of aliphatic hydroxyl groups is 2. The van der Waals surface area contributed by atoms with Crippen LogP contribution in [0.15, 0.2) is 32.6 Å². The molecule has 278 valence electrons. The van der Waals surface area contributed by atoms with Crippen LogP contribution in [0.4, 0.5) is 0 Å². The van der Waals surface area contributed by atoms with Crippen LogP contribution in [0, 0.1) is 28.6 Å². The molecule has 10 atom stereocenters. The van der Waals surface area contributed by atoms with Crippen LogP contribution in [0.2, 0.25) is 0 Å². The van der Waals surface area contributed by atoms with E-state index in [1.807, 2.05) is 0 Å². The van der Waals surface area contributed by atoms with Gasteiger partial charge in [-0.3, -0.25) is 14.6 Å². The second-order valence-electron chi connectivity index (χ2n) is 15.9. The number of amides is 1. The molecule has 0 bridgehead atoms. The number of aliphatic carboxylic acids is 1. The molecule has 0 radical (unpaired) electrons. The fraction of sp³-hybridized carbons (Fsp3) is 0.757. The summed E-state index contributed by atoms with van der Waals surface area (Å²) in [5.41, 5.74) is 9.42. The number of carbonyl (C=O) groups is 3. The first-order valence-corrected chi connectivity index (χ1v) is 18.4. The lowest BCUT2D eigenvalue weighted by Crippen LogP contribution is -2.66. The number of esters is 1. The molecule has 50 heavy (non-hydrogen) atoms. The minimum absolute atomic E-state index is 0.00626. The molecule has 5 rings (SSSR count). The fourth-order valence-electron chi connectivity index (χ4n) is 10.5. The number of carboxylic acids is 1. The van der Waals surface area contributed by atoms with Gasteiger partial charge in [0.1, 0.15) is 12.1 Å². The quantitative estimate of drug-likeness (QED) is 0.0714. The van der Waals surface area contributed by atoms with E-state index < -0.39 is 34.8 Å². The van der Waals surface area contributed by atoms with Crippen LogP contribution in [0.5, 0.6) is 0 Å². The molecule has 0 saturated heterocycles. The summed E-state index contributed by atoms with van der Waals surface area (Å²) in [6, 6.07) is 2.22. The van der Waals surface area contributed by atoms with Gasteiger partial charge in [0.2, 0.25) is 5.91 Å². The van der Waals surface area contributed by atoms with Gasteiger partial charge in [-0.2, -0.15) is 0 Å². The molecule has 10 unspecified atom stereocenters. The molecule has 4 fully saturated rings. The van der Waals surface area contributed by atoms with E-state index in [0.717, 1.165) is 37.7 Å². The van der Waals surface area contributed by atoms with E-state index in [2.05, 4.69) is 24.2 Å². The number of aliphatic hydroxyl groups excluding tert-OH is 1. The Morgan fingerprint density at radius 1 is 1.06 bits per heavy atom. The van der Waals surface area contributed by atoms with Crippen molar-refractivity contribution in [2.45, 2.75) is 140 Å². The summed E-state index contributed by atoms with van der Waals surface area (Å²) in [6.07, 6.45) is 9.47. The summed E-state index contributed by atoms with van der Waals surface area (Å²) in [7, 11) is 0. The Balaban J connectivity index is 1.07. The Morgan fingerprint density at radius 2 is 1.82 bits per heavy atom. The predicted molar refractivity (Wildman–Crippen MR) is 185 cm³/mol. The molecule has 8 N–H and O–H groups in total. The van der Waals surface area contributed by atoms with Crippen molar-refractivity contribution in [3.63, 3.8) is 0 Å². The molecule has 13 nitrogen and oxygen atoms in total. The lowest BCUT2D eigenvalue weighted by molar-refractivity contribution is -0.240. The summed E-state index contributed by atoms with van der Waals surface area (Å²) in [4.78, 5) is 52.0. The predicted octanol–water partition coefficient (Wildman–Crippen LogP) is 3.34. The van der Waals surface area contributed by atoms with Crippen molar-refractivity contribution < 1.29 is 38.9 Å². The fourth-order valence-corrected chi connectivity index (χ4v) is 10.5. The smallest absolute Gasteiger partial charge is 0.335 e. The molecule has 1 aromatic heterocycles. The number of rotatable bonds is 14. The number of hydrogen-bond acceptors (Lipinski definition) is 9. The first-order valence-electron chi connectivity index (χ1n) is 18.4. The Bertz CT molecular complexity index is 1460. The van der Waals surface area contributed by atoms with Gasteiger partial charge in [0.15, 0.2) is 5.96 Å². The van der Waals surface area contributed by atoms with Gasteiger partial charge in [0.05, 0.1) is 18.0 Å². The largest absolute Gasteiger partial charge is 0.480 e. The third-order valence-electron chi connectivity index (χ3n) is 13.0. The standard InChI is InChI=1S/C37H56N4O9/c1-35-16-14-24(50-31(45)9-5-3-4-8-29(43)41-27(33(46)47)7-6-18-40-34(38)39)19-23(35)11-12-26-32(35)28(42)20-36(2)25(15-17-37(26,36)48)22-10-13-30(44)49-21-22/h10,13,21,23-28,32,42,48H,3-9,11-12,14-20H2,1-2H3,(H,41,43)(H,46,47)(H4,38,39,40). The Kier molecular flexibility index (Phi) is 11.7. The van der Waals surface area contributed by atoms with Crippen molar-refractivity contribution in [2.24, 2.45) is 45.0 Å². The number of nitrogens with zero attached hydrogens (tertiary/aromatic N) is 1. The highest BCUT2D eigenvalue weighted by Gasteiger charge is 2.69. The van der Waals surface area contributed by atoms with Crippen molar-refractivity contribution in [3.8, 4) is 0 Å². The molecule has 1 aromatic rings. The van der Waals surface area contributed by atoms with Crippen LogP contribution in [0.3, 0.4) is 0 Å². The van der Waals surface area contributed by atoms with Gasteiger partial charge in [-0.1, -0.05) is 20.3 Å². The molecule has 4 saturated carbocycles. The monoisotopic (exact) mass is 700 g/mol. The Labute approximate surface area is 293 Å². The first-order chi connectivity index (χ1) is 23.7. The zero-order valence-corrected chi connectivity index (χ0v) is 29.5. The third-order valence-corrected chi connectivity index (χ3v) is 13.0. The van der Waals surface area contributed by atoms with Crippen molar-refractivity contribution in [3.05, 3.63) is 34.4 Å². The van der Waals surface area contributed by atoms with Gasteiger partial charge in [0, 0.05) is 30.9 Å². The van der Waals surface area contributed by atoms with Gasteiger partial charge in [-0.15, -0.1) is 0 Å². The number of guanidine groups is 1. The van der Waals surface area contributed by atoms with Gasteiger partial charge in [-0.25, -0.2) is 9.59 Å². The second-order valence-corrected chi connectivity index (χ2v) is 15.9. The van der Waals surface area contributed by atoms with Crippen LogP contribution in [0.25, 0.3) is 0 Å². The Morgan fingerprint density at radius 3 is 2.52 bits per heavy atom. The van der Waals surface area contributed by atoms with E-state index in [4.69, 9.17) is 20.6 Å². The molecule has 4 aliphatic rings. The number of carbonyl (C=O) groups excluding carboxylic acids is 2. The molecule has 0 aliphatic heterocycles. The number of fused-ring (bicyclic) bond motifs is 5. The van der Waals surface area contributed by atoms with E-state index in [0.29, 0.717) is 44.9 Å². The number of nitrogens with one attached hydrogen (secondary N) is 1. The molecule has 0 spiro atoms. The summed E-state index contributed by atoms with van der Waals surface area (Å²) >= 11 is 0. The Hall–Kier alpha value is -3.45. The molecule has 1 heterocycles. The summed E-state index contributed by atoms with van der Waals surface area (Å²) < 4.78 is 11.1. The van der Waals surface area contributed by atoms with Crippen molar-refractivity contribution in [1.82, 2.24) is 5.32 Å². The lowest BCUT2D eigenvalue weighted by Gasteiger charge is -2.65. The van der Waals surface area contributed by atoms with E-state index >= 15 is 0 Å². The molecular weight excluding hydrogens is 644 g/mol. The van der Waals surface area contributed by atoms with E-state index in [9.17, 15) is 34.5 Å². The average Bonchev–Trinajstić information content (AvgIpc) is 3.32. The van der Waals surface area contributed by atoms with Crippen LogP contribution in [-0.2, 0) is 19.1 Å². The number of carboxylic acid groups (broad SMARTS) is 1. The second kappa shape index (κ2) is 15.4. The molecule has 13 heteroatoms. The minimum atomic E-state index is -1.11. The lowest BCUT2D eigenvalue weighted by atomic mass is 9.42. The zero-order chi connectivity index (χ0) is 36.3. The number of aliphatic imine (C=N–C) groups is 1. The average molecular weight is 701 g/mol. The van der Waals surface area contributed by atoms with E-state index in [1.165, 1.54) is 12.3 Å². The van der Waals surface area contributed by atoms with Crippen LogP contribution < -0.4 is 22.4 Å². The maximum absolute atomic E-state index is 12.8. The summed E-state index contributed by atoms with van der Waals surface area (Å²) in [5, 5.41) is 36.3.